The molecule has 1 aromatic rings. The number of hydrogen-bond donors (Lipinski definition) is 2. The summed E-state index contributed by atoms with van der Waals surface area (Å²) >= 11 is 0. The third-order valence-electron chi connectivity index (χ3n) is 1.67. The zero-order valence-corrected chi connectivity index (χ0v) is 7.17. The van der Waals surface area contributed by atoms with Gasteiger partial charge in [-0.3, -0.25) is 5.41 Å². The highest BCUT2D eigenvalue weighted by Crippen LogP contribution is 1.97. The first kappa shape index (κ1) is 8.74. The molecule has 0 fully saturated rings. The van der Waals surface area contributed by atoms with Gasteiger partial charge in [0.2, 0.25) is 0 Å². The molecular formula is C9H13N3. The summed E-state index contributed by atoms with van der Waals surface area (Å²) in [7, 11) is 0. The van der Waals surface area contributed by atoms with E-state index in [1.165, 1.54) is 0 Å². The maximum atomic E-state index is 7.59. The Hall–Kier alpha value is -1.35. The van der Waals surface area contributed by atoms with Gasteiger partial charge in [0.25, 0.3) is 0 Å². The summed E-state index contributed by atoms with van der Waals surface area (Å²) in [5.74, 6) is 0. The average molecular weight is 163 g/mol. The van der Waals surface area contributed by atoms with Gasteiger partial charge in [-0.1, -0.05) is 6.58 Å². The minimum Gasteiger partial charge on any atom is -0.326 e. The number of pyridine rings is 1. The monoisotopic (exact) mass is 163 g/mol. The topological polar surface area (TPSA) is 54.8 Å². The molecule has 0 aromatic carbocycles. The summed E-state index contributed by atoms with van der Waals surface area (Å²) in [6.45, 7) is 6.09. The van der Waals surface area contributed by atoms with E-state index in [4.69, 9.17) is 11.1 Å². The van der Waals surface area contributed by atoms with Crippen LogP contribution in [0, 0.1) is 5.41 Å². The molecule has 64 valence electrons. The lowest BCUT2D eigenvalue weighted by molar-refractivity contribution is 0.916. The van der Waals surface area contributed by atoms with Crippen molar-refractivity contribution in [2.45, 2.75) is 13.5 Å². The zero-order valence-electron chi connectivity index (χ0n) is 7.17. The lowest BCUT2D eigenvalue weighted by atomic mass is 10.2. The van der Waals surface area contributed by atoms with E-state index in [-0.39, 0.29) is 0 Å². The Kier molecular flexibility index (Phi) is 2.45. The Balaban J connectivity index is 3.21. The molecular weight excluding hydrogens is 150 g/mol. The van der Waals surface area contributed by atoms with Crippen LogP contribution in [-0.2, 0) is 6.54 Å². The van der Waals surface area contributed by atoms with Crippen molar-refractivity contribution < 1.29 is 0 Å². The predicted octanol–water partition coefficient (Wildman–Crippen LogP) is 0.917. The summed E-state index contributed by atoms with van der Waals surface area (Å²) in [4.78, 5) is 0. The lowest BCUT2D eigenvalue weighted by Gasteiger charge is -2.05. The number of aromatic nitrogens is 1. The van der Waals surface area contributed by atoms with E-state index in [1.54, 1.807) is 10.6 Å². The van der Waals surface area contributed by atoms with E-state index in [2.05, 4.69) is 6.58 Å². The van der Waals surface area contributed by atoms with Gasteiger partial charge in [0.15, 0.2) is 0 Å². The van der Waals surface area contributed by atoms with Crippen molar-refractivity contribution in [1.29, 1.82) is 5.41 Å². The molecule has 3 heteroatoms. The first-order chi connectivity index (χ1) is 5.65. The minimum absolute atomic E-state index is 0.422. The van der Waals surface area contributed by atoms with Crippen LogP contribution in [0.5, 0.6) is 0 Å². The van der Waals surface area contributed by atoms with E-state index in [9.17, 15) is 0 Å². The van der Waals surface area contributed by atoms with Crippen LogP contribution in [0.25, 0.3) is 5.70 Å². The van der Waals surface area contributed by atoms with Gasteiger partial charge in [-0.25, -0.2) is 0 Å². The molecule has 0 saturated heterocycles. The molecule has 0 amide bonds. The second kappa shape index (κ2) is 3.36. The van der Waals surface area contributed by atoms with Crippen molar-refractivity contribution in [3.63, 3.8) is 0 Å². The van der Waals surface area contributed by atoms with Crippen molar-refractivity contribution in [3.05, 3.63) is 36.0 Å². The van der Waals surface area contributed by atoms with Crippen LogP contribution in [0.2, 0.25) is 0 Å². The van der Waals surface area contributed by atoms with Crippen molar-refractivity contribution in [1.82, 2.24) is 4.57 Å². The number of nitrogens with one attached hydrogen (secondary N) is 1. The quantitative estimate of drug-likeness (QED) is 0.669. The number of rotatable bonds is 2. The van der Waals surface area contributed by atoms with Gasteiger partial charge in [-0.15, -0.1) is 0 Å². The first-order valence-corrected chi connectivity index (χ1v) is 3.77. The Bertz CT molecular complexity index is 349. The van der Waals surface area contributed by atoms with Crippen molar-refractivity contribution in [2.24, 2.45) is 5.73 Å². The Morgan fingerprint density at radius 1 is 1.75 bits per heavy atom. The van der Waals surface area contributed by atoms with E-state index in [1.807, 2.05) is 19.2 Å². The van der Waals surface area contributed by atoms with Crippen LogP contribution in [0.1, 0.15) is 12.5 Å². The van der Waals surface area contributed by atoms with Gasteiger partial charge < -0.3 is 10.3 Å². The second-order valence-corrected chi connectivity index (χ2v) is 2.73. The molecule has 0 aliphatic heterocycles. The Labute approximate surface area is 71.7 Å². The van der Waals surface area contributed by atoms with Gasteiger partial charge >= 0.3 is 0 Å². The molecule has 0 radical (unpaired) electrons. The van der Waals surface area contributed by atoms with Crippen LogP contribution in [0.15, 0.2) is 24.9 Å². The van der Waals surface area contributed by atoms with Crippen molar-refractivity contribution >= 4 is 5.70 Å². The van der Waals surface area contributed by atoms with Crippen LogP contribution < -0.4 is 11.2 Å². The zero-order chi connectivity index (χ0) is 9.14. The molecule has 0 aliphatic carbocycles. The Morgan fingerprint density at radius 3 is 2.83 bits per heavy atom. The van der Waals surface area contributed by atoms with Crippen LogP contribution in [0.4, 0.5) is 0 Å². The highest BCUT2D eigenvalue weighted by atomic mass is 15.0. The molecule has 0 aliphatic rings. The van der Waals surface area contributed by atoms with E-state index in [0.29, 0.717) is 12.0 Å². The summed E-state index contributed by atoms with van der Waals surface area (Å²) in [6, 6.07) is 3.64. The predicted molar refractivity (Wildman–Crippen MR) is 49.2 cm³/mol. The highest BCUT2D eigenvalue weighted by molar-refractivity contribution is 5.37. The van der Waals surface area contributed by atoms with Gasteiger partial charge in [0.05, 0.1) is 0 Å². The fourth-order valence-electron chi connectivity index (χ4n) is 1.00. The third kappa shape index (κ3) is 1.62. The normalized spacial score (nSPS) is 9.83. The van der Waals surface area contributed by atoms with Gasteiger partial charge in [0.1, 0.15) is 5.49 Å². The van der Waals surface area contributed by atoms with Crippen molar-refractivity contribution in [2.75, 3.05) is 0 Å². The summed E-state index contributed by atoms with van der Waals surface area (Å²) in [6.07, 6.45) is 1.81. The number of allylic oxidation sites excluding steroid dienone is 1. The molecule has 3 N–H and O–H groups in total. The van der Waals surface area contributed by atoms with Gasteiger partial charge in [-0.05, 0) is 24.6 Å². The summed E-state index contributed by atoms with van der Waals surface area (Å²) in [5.41, 5.74) is 7.66. The number of nitrogens with zero attached hydrogens (tertiary/aromatic N) is 1. The van der Waals surface area contributed by atoms with Crippen molar-refractivity contribution in [3.8, 4) is 0 Å². The smallest absolute Gasteiger partial charge is 0.129 e. The standard InChI is InChI=1S/C9H13N3/c1-7(2)12-4-3-8(6-10)5-9(12)11/h3-5,11H,1,6,10H2,2H3. The summed E-state index contributed by atoms with van der Waals surface area (Å²) in [5, 5.41) is 7.59. The SMILES string of the molecule is C=C(C)n1ccc(CN)cc1=N. The largest absolute Gasteiger partial charge is 0.326 e. The Morgan fingerprint density at radius 2 is 2.42 bits per heavy atom. The number of nitrogens with two attached hydrogens (primary N) is 1. The molecule has 1 rings (SSSR count). The maximum absolute atomic E-state index is 7.59. The molecule has 0 atom stereocenters. The van der Waals surface area contributed by atoms with E-state index < -0.39 is 0 Å². The molecule has 0 unspecified atom stereocenters. The van der Waals surface area contributed by atoms with Crippen LogP contribution in [-0.4, -0.2) is 4.57 Å². The maximum Gasteiger partial charge on any atom is 0.129 e. The van der Waals surface area contributed by atoms with Gasteiger partial charge in [-0.2, -0.15) is 0 Å². The van der Waals surface area contributed by atoms with E-state index in [0.717, 1.165) is 11.3 Å². The molecule has 1 aromatic heterocycles. The third-order valence-corrected chi connectivity index (χ3v) is 1.67. The molecule has 0 bridgehead atoms. The first-order valence-electron chi connectivity index (χ1n) is 3.77. The second-order valence-electron chi connectivity index (χ2n) is 2.73. The summed E-state index contributed by atoms with van der Waals surface area (Å²) < 4.78 is 1.71. The highest BCUT2D eigenvalue weighted by Gasteiger charge is 1.93. The molecule has 0 saturated carbocycles. The molecule has 1 heterocycles. The number of hydrogen-bond acceptors (Lipinski definition) is 2. The lowest BCUT2D eigenvalue weighted by Crippen LogP contribution is -2.17. The fourth-order valence-corrected chi connectivity index (χ4v) is 1.00. The van der Waals surface area contributed by atoms with E-state index >= 15 is 0 Å². The van der Waals surface area contributed by atoms with Gasteiger partial charge in [0, 0.05) is 18.4 Å². The fraction of sp³-hybridized carbons (Fsp3) is 0.222. The molecule has 3 nitrogen and oxygen atoms in total. The minimum atomic E-state index is 0.422. The van der Waals surface area contributed by atoms with Crippen LogP contribution in [0.3, 0.4) is 0 Å². The molecule has 0 spiro atoms. The molecule has 12 heavy (non-hydrogen) atoms. The van der Waals surface area contributed by atoms with Crippen LogP contribution >= 0.6 is 0 Å². The average Bonchev–Trinajstić information content (AvgIpc) is 2.03.